The van der Waals surface area contributed by atoms with Gasteiger partial charge in [-0.2, -0.15) is 0 Å². The molecule has 0 aliphatic rings. The SMILES string of the molecule is c1ccc(-c2ccc3c(c2)c2nc4ccccc4n2c2c(-c4ccccc4)nc(-c4ccccc4)nc32)cc1. The summed E-state index contributed by atoms with van der Waals surface area (Å²) < 4.78 is 2.25. The number of rotatable bonds is 3. The molecule has 0 radical (unpaired) electrons. The number of hydrogen-bond donors (Lipinski definition) is 0. The third-order valence-corrected chi connectivity index (χ3v) is 7.37. The maximum absolute atomic E-state index is 5.24. The van der Waals surface area contributed by atoms with E-state index in [1.165, 1.54) is 5.56 Å². The Morgan fingerprint density at radius 1 is 0.462 bits per heavy atom. The fourth-order valence-electron chi connectivity index (χ4n) is 5.55. The Bertz CT molecular complexity index is 2150. The number of hydrogen-bond acceptors (Lipinski definition) is 3. The van der Waals surface area contributed by atoms with E-state index < -0.39 is 0 Å². The monoisotopic (exact) mass is 498 g/mol. The fourth-order valence-corrected chi connectivity index (χ4v) is 5.55. The second kappa shape index (κ2) is 8.61. The molecular formula is C35H22N4. The second-order valence-electron chi connectivity index (χ2n) is 9.71. The summed E-state index contributed by atoms with van der Waals surface area (Å²) in [6.07, 6.45) is 0. The highest BCUT2D eigenvalue weighted by Crippen LogP contribution is 2.38. The van der Waals surface area contributed by atoms with Gasteiger partial charge in [-0.25, -0.2) is 15.0 Å². The van der Waals surface area contributed by atoms with Crippen molar-refractivity contribution in [2.24, 2.45) is 0 Å². The van der Waals surface area contributed by atoms with E-state index in [2.05, 4.69) is 101 Å². The lowest BCUT2D eigenvalue weighted by Crippen LogP contribution is -2.01. The first kappa shape index (κ1) is 21.7. The molecule has 8 aromatic rings. The minimum Gasteiger partial charge on any atom is -0.288 e. The van der Waals surface area contributed by atoms with E-state index in [1.54, 1.807) is 0 Å². The molecule has 0 spiro atoms. The van der Waals surface area contributed by atoms with E-state index in [0.29, 0.717) is 5.82 Å². The Balaban J connectivity index is 1.60. The number of fused-ring (bicyclic) bond motifs is 8. The molecule has 0 saturated carbocycles. The number of pyridine rings is 1. The third-order valence-electron chi connectivity index (χ3n) is 7.37. The number of imidazole rings is 1. The van der Waals surface area contributed by atoms with Crippen molar-refractivity contribution in [3.63, 3.8) is 0 Å². The van der Waals surface area contributed by atoms with Crippen LogP contribution in [0.1, 0.15) is 0 Å². The lowest BCUT2D eigenvalue weighted by atomic mass is 10.00. The lowest BCUT2D eigenvalue weighted by molar-refractivity contribution is 1.19. The van der Waals surface area contributed by atoms with Crippen LogP contribution in [0.15, 0.2) is 133 Å². The molecule has 0 aliphatic carbocycles. The van der Waals surface area contributed by atoms with Gasteiger partial charge in [0.05, 0.1) is 22.2 Å². The van der Waals surface area contributed by atoms with Crippen molar-refractivity contribution < 1.29 is 0 Å². The number of para-hydroxylation sites is 2. The van der Waals surface area contributed by atoms with E-state index in [1.807, 2.05) is 36.4 Å². The highest BCUT2D eigenvalue weighted by Gasteiger charge is 2.21. The van der Waals surface area contributed by atoms with Crippen LogP contribution in [-0.4, -0.2) is 19.4 Å². The molecule has 0 saturated heterocycles. The Morgan fingerprint density at radius 3 is 1.85 bits per heavy atom. The molecule has 4 heteroatoms. The maximum atomic E-state index is 5.24. The summed E-state index contributed by atoms with van der Waals surface area (Å²) in [7, 11) is 0. The molecule has 8 rings (SSSR count). The van der Waals surface area contributed by atoms with Gasteiger partial charge < -0.3 is 0 Å². The van der Waals surface area contributed by atoms with Crippen LogP contribution in [0.3, 0.4) is 0 Å². The predicted molar refractivity (Wildman–Crippen MR) is 160 cm³/mol. The zero-order valence-corrected chi connectivity index (χ0v) is 21.0. The van der Waals surface area contributed by atoms with Crippen molar-refractivity contribution in [1.29, 1.82) is 0 Å². The number of nitrogens with zero attached hydrogens (tertiary/aromatic N) is 4. The summed E-state index contributed by atoms with van der Waals surface area (Å²) in [5, 5.41) is 2.13. The van der Waals surface area contributed by atoms with Crippen LogP contribution < -0.4 is 0 Å². The highest BCUT2D eigenvalue weighted by molar-refractivity contribution is 6.16. The smallest absolute Gasteiger partial charge is 0.160 e. The zero-order valence-electron chi connectivity index (χ0n) is 21.0. The summed E-state index contributed by atoms with van der Waals surface area (Å²) in [6.45, 7) is 0. The third kappa shape index (κ3) is 3.42. The highest BCUT2D eigenvalue weighted by atomic mass is 15.0. The quantitative estimate of drug-likeness (QED) is 0.229. The standard InChI is InChI=1S/C35H22N4/c1-4-12-23(13-5-1)26-20-21-27-28(22-26)35-36-29-18-10-11-19-30(29)39(35)33-31(24-14-6-2-7-15-24)37-34(38-32(27)33)25-16-8-3-9-17-25/h1-22H. The molecule has 3 heterocycles. The normalized spacial score (nSPS) is 11.6. The van der Waals surface area contributed by atoms with Crippen molar-refractivity contribution >= 4 is 38.5 Å². The number of aromatic nitrogens is 4. The van der Waals surface area contributed by atoms with E-state index >= 15 is 0 Å². The van der Waals surface area contributed by atoms with Gasteiger partial charge in [0.2, 0.25) is 0 Å². The van der Waals surface area contributed by atoms with Gasteiger partial charge in [-0.05, 0) is 29.3 Å². The molecule has 0 bridgehead atoms. The first-order valence-electron chi connectivity index (χ1n) is 13.1. The molecule has 0 fully saturated rings. The summed E-state index contributed by atoms with van der Waals surface area (Å²) >= 11 is 0. The van der Waals surface area contributed by atoms with E-state index in [9.17, 15) is 0 Å². The molecule has 0 atom stereocenters. The van der Waals surface area contributed by atoms with E-state index in [0.717, 1.165) is 60.9 Å². The molecule has 5 aromatic carbocycles. The maximum Gasteiger partial charge on any atom is 0.160 e. The summed E-state index contributed by atoms with van der Waals surface area (Å²) in [4.78, 5) is 15.6. The Kier molecular flexibility index (Phi) is 4.79. The van der Waals surface area contributed by atoms with Crippen molar-refractivity contribution in [3.05, 3.63) is 133 Å². The van der Waals surface area contributed by atoms with Crippen LogP contribution >= 0.6 is 0 Å². The Labute approximate surface area is 224 Å². The lowest BCUT2D eigenvalue weighted by Gasteiger charge is -2.15. The van der Waals surface area contributed by atoms with Gasteiger partial charge in [-0.15, -0.1) is 0 Å². The molecular weight excluding hydrogens is 476 g/mol. The Morgan fingerprint density at radius 2 is 1.10 bits per heavy atom. The molecule has 0 unspecified atom stereocenters. The zero-order chi connectivity index (χ0) is 25.8. The van der Waals surface area contributed by atoms with Gasteiger partial charge in [0.25, 0.3) is 0 Å². The predicted octanol–water partition coefficient (Wildman–Crippen LogP) is 8.58. The first-order chi connectivity index (χ1) is 19.3. The van der Waals surface area contributed by atoms with Crippen molar-refractivity contribution in [3.8, 4) is 33.8 Å². The van der Waals surface area contributed by atoms with Crippen molar-refractivity contribution in [2.45, 2.75) is 0 Å². The van der Waals surface area contributed by atoms with E-state index in [-0.39, 0.29) is 0 Å². The molecule has 39 heavy (non-hydrogen) atoms. The molecule has 0 N–H and O–H groups in total. The first-order valence-corrected chi connectivity index (χ1v) is 13.1. The van der Waals surface area contributed by atoms with Gasteiger partial charge in [-0.1, -0.05) is 115 Å². The van der Waals surface area contributed by atoms with Crippen LogP contribution in [0.25, 0.3) is 72.3 Å². The largest absolute Gasteiger partial charge is 0.288 e. The fraction of sp³-hybridized carbons (Fsp3) is 0. The van der Waals surface area contributed by atoms with Gasteiger partial charge in [0.15, 0.2) is 5.82 Å². The van der Waals surface area contributed by atoms with Crippen LogP contribution in [0, 0.1) is 0 Å². The molecule has 182 valence electrons. The van der Waals surface area contributed by atoms with Crippen LogP contribution in [0.2, 0.25) is 0 Å². The van der Waals surface area contributed by atoms with Crippen LogP contribution in [-0.2, 0) is 0 Å². The molecule has 0 aliphatic heterocycles. The average Bonchev–Trinajstić information content (AvgIpc) is 3.41. The van der Waals surface area contributed by atoms with Crippen LogP contribution in [0.4, 0.5) is 0 Å². The molecule has 0 amide bonds. The molecule has 4 nitrogen and oxygen atoms in total. The van der Waals surface area contributed by atoms with Crippen molar-refractivity contribution in [2.75, 3.05) is 0 Å². The average molecular weight is 499 g/mol. The van der Waals surface area contributed by atoms with Gasteiger partial charge in [-0.3, -0.25) is 4.40 Å². The minimum absolute atomic E-state index is 0.708. The Hall–Kier alpha value is -5.35. The summed E-state index contributed by atoms with van der Waals surface area (Å²) in [5.41, 5.74) is 10.0. The molecule has 3 aromatic heterocycles. The van der Waals surface area contributed by atoms with E-state index in [4.69, 9.17) is 15.0 Å². The van der Waals surface area contributed by atoms with Gasteiger partial charge >= 0.3 is 0 Å². The minimum atomic E-state index is 0.708. The summed E-state index contributed by atoms with van der Waals surface area (Å²) in [6, 6.07) is 46.0. The van der Waals surface area contributed by atoms with Crippen molar-refractivity contribution in [1.82, 2.24) is 19.4 Å². The van der Waals surface area contributed by atoms with Gasteiger partial charge in [0, 0.05) is 21.9 Å². The second-order valence-corrected chi connectivity index (χ2v) is 9.71. The number of benzene rings is 5. The van der Waals surface area contributed by atoms with Crippen LogP contribution in [0.5, 0.6) is 0 Å². The topological polar surface area (TPSA) is 43.1 Å². The summed E-state index contributed by atoms with van der Waals surface area (Å²) in [5.74, 6) is 0.708. The van der Waals surface area contributed by atoms with Gasteiger partial charge in [0.1, 0.15) is 11.2 Å².